The topological polar surface area (TPSA) is 81.0 Å². The lowest BCUT2D eigenvalue weighted by Gasteiger charge is -2.16. The Bertz CT molecular complexity index is 855. The highest BCUT2D eigenvalue weighted by Crippen LogP contribution is 2.39. The van der Waals surface area contributed by atoms with Crippen molar-refractivity contribution >= 4 is 24.9 Å². The van der Waals surface area contributed by atoms with Crippen LogP contribution in [0.5, 0.6) is 11.5 Å². The van der Waals surface area contributed by atoms with Crippen LogP contribution in [-0.4, -0.2) is 64.0 Å². The normalized spacial score (nSPS) is 16.9. The predicted molar refractivity (Wildman–Crippen MR) is 112 cm³/mol. The molecule has 160 valence electrons. The number of ether oxygens (including phenoxy) is 5. The Hall–Kier alpha value is -2.10. The van der Waals surface area contributed by atoms with Gasteiger partial charge in [-0.1, -0.05) is 19.6 Å². The van der Waals surface area contributed by atoms with Crippen LogP contribution < -0.4 is 9.47 Å². The van der Waals surface area contributed by atoms with Crippen molar-refractivity contribution in [3.8, 4) is 11.5 Å². The molecule has 1 saturated heterocycles. The molecule has 1 aliphatic rings. The number of hydrogen-bond acceptors (Lipinski definition) is 7. The third-order valence-electron chi connectivity index (χ3n) is 4.77. The van der Waals surface area contributed by atoms with E-state index < -0.39 is 14.0 Å². The van der Waals surface area contributed by atoms with Gasteiger partial charge in [0.1, 0.15) is 18.4 Å². The van der Waals surface area contributed by atoms with Crippen molar-refractivity contribution in [3.63, 3.8) is 0 Å². The monoisotopic (exact) mass is 422 g/mol. The summed E-state index contributed by atoms with van der Waals surface area (Å²) in [7, 11) is 1.76. The maximum absolute atomic E-state index is 12.4. The van der Waals surface area contributed by atoms with Gasteiger partial charge in [-0.2, -0.15) is 5.10 Å². The maximum Gasteiger partial charge on any atom is 0.340 e. The van der Waals surface area contributed by atoms with Crippen molar-refractivity contribution < 1.29 is 28.5 Å². The Labute approximate surface area is 172 Å². The van der Waals surface area contributed by atoms with Crippen LogP contribution in [0.1, 0.15) is 16.8 Å². The second kappa shape index (κ2) is 9.14. The Morgan fingerprint density at radius 2 is 2.14 bits per heavy atom. The molecule has 1 aliphatic heterocycles. The number of benzene rings is 1. The summed E-state index contributed by atoms with van der Waals surface area (Å²) in [6.45, 7) is 9.08. The molecule has 1 fully saturated rings. The summed E-state index contributed by atoms with van der Waals surface area (Å²) < 4.78 is 29.5. The molecule has 9 heteroatoms. The number of rotatable bonds is 9. The lowest BCUT2D eigenvalue weighted by atomic mass is 10.1. The summed E-state index contributed by atoms with van der Waals surface area (Å²) in [6, 6.07) is 2.71. The lowest BCUT2D eigenvalue weighted by Crippen LogP contribution is -2.22. The standard InChI is InChI=1S/C20H30N2O6Si/c1-24-19-16-11-22(13-27-8-9-29(3,4)5)21-18(16)15(20(23)25-2)10-17(19)28-14-6-7-26-12-14/h10-11,14H,6-9,12-13H2,1-5H3. The largest absolute Gasteiger partial charge is 0.492 e. The molecule has 0 aliphatic carbocycles. The third kappa shape index (κ3) is 5.29. The number of nitrogens with zero attached hydrogens (tertiary/aromatic N) is 2. The zero-order valence-electron chi connectivity index (χ0n) is 17.8. The summed E-state index contributed by atoms with van der Waals surface area (Å²) in [4.78, 5) is 12.4. The number of methoxy groups -OCH3 is 2. The molecule has 0 N–H and O–H groups in total. The molecule has 1 aromatic carbocycles. The average molecular weight is 423 g/mol. The van der Waals surface area contributed by atoms with E-state index in [0.29, 0.717) is 54.5 Å². The van der Waals surface area contributed by atoms with Gasteiger partial charge >= 0.3 is 5.97 Å². The summed E-state index contributed by atoms with van der Waals surface area (Å²) in [5.74, 6) is 0.540. The van der Waals surface area contributed by atoms with Crippen molar-refractivity contribution in [2.45, 2.75) is 44.9 Å². The fraction of sp³-hybridized carbons (Fsp3) is 0.600. The first kappa shape index (κ1) is 21.6. The van der Waals surface area contributed by atoms with Crippen LogP contribution >= 0.6 is 0 Å². The zero-order valence-corrected chi connectivity index (χ0v) is 18.8. The fourth-order valence-electron chi connectivity index (χ4n) is 3.14. The summed E-state index contributed by atoms with van der Waals surface area (Å²) in [5, 5.41) is 5.22. The quantitative estimate of drug-likeness (QED) is 0.348. The molecule has 1 aromatic heterocycles. The Morgan fingerprint density at radius 3 is 2.76 bits per heavy atom. The van der Waals surface area contributed by atoms with Gasteiger partial charge in [0.05, 0.1) is 38.4 Å². The minimum absolute atomic E-state index is 0.0770. The van der Waals surface area contributed by atoms with E-state index in [4.69, 9.17) is 23.7 Å². The molecule has 1 atom stereocenters. The lowest BCUT2D eigenvalue weighted by molar-refractivity contribution is 0.0601. The molecule has 0 amide bonds. The smallest absolute Gasteiger partial charge is 0.340 e. The van der Waals surface area contributed by atoms with Crippen LogP contribution in [0.15, 0.2) is 12.3 Å². The van der Waals surface area contributed by atoms with Gasteiger partial charge < -0.3 is 23.7 Å². The second-order valence-corrected chi connectivity index (χ2v) is 14.0. The minimum Gasteiger partial charge on any atom is -0.492 e. The van der Waals surface area contributed by atoms with Crippen molar-refractivity contribution in [2.75, 3.05) is 34.0 Å². The molecule has 29 heavy (non-hydrogen) atoms. The van der Waals surface area contributed by atoms with Crippen molar-refractivity contribution in [1.29, 1.82) is 0 Å². The van der Waals surface area contributed by atoms with Gasteiger partial charge in [0, 0.05) is 33.4 Å². The summed E-state index contributed by atoms with van der Waals surface area (Å²) in [5.41, 5.74) is 0.829. The number of esters is 1. The molecule has 8 nitrogen and oxygen atoms in total. The Kier molecular flexibility index (Phi) is 6.81. The van der Waals surface area contributed by atoms with E-state index in [1.165, 1.54) is 7.11 Å². The van der Waals surface area contributed by atoms with Crippen molar-refractivity contribution in [2.24, 2.45) is 0 Å². The van der Waals surface area contributed by atoms with Gasteiger partial charge in [0.15, 0.2) is 11.5 Å². The van der Waals surface area contributed by atoms with Crippen LogP contribution in [-0.2, 0) is 20.9 Å². The number of carbonyl (C=O) groups is 1. The minimum atomic E-state index is -1.16. The second-order valence-electron chi connectivity index (χ2n) is 8.33. The van der Waals surface area contributed by atoms with Gasteiger partial charge in [-0.15, -0.1) is 0 Å². The van der Waals surface area contributed by atoms with Crippen LogP contribution in [0.3, 0.4) is 0 Å². The third-order valence-corrected chi connectivity index (χ3v) is 6.48. The van der Waals surface area contributed by atoms with Crippen molar-refractivity contribution in [3.05, 3.63) is 17.8 Å². The van der Waals surface area contributed by atoms with Crippen LogP contribution in [0, 0.1) is 0 Å². The number of hydrogen-bond donors (Lipinski definition) is 0. The van der Waals surface area contributed by atoms with Gasteiger partial charge in [0.2, 0.25) is 0 Å². The zero-order chi connectivity index (χ0) is 21.0. The number of aromatic nitrogens is 2. The molecule has 0 radical (unpaired) electrons. The number of fused-ring (bicyclic) bond motifs is 1. The van der Waals surface area contributed by atoms with Crippen LogP contribution in [0.25, 0.3) is 10.9 Å². The molecule has 2 aromatic rings. The molecular weight excluding hydrogens is 392 g/mol. The van der Waals surface area contributed by atoms with E-state index >= 15 is 0 Å². The molecule has 0 spiro atoms. The maximum atomic E-state index is 12.4. The SMILES string of the molecule is COC(=O)c1cc(OC2CCOC2)c(OC)c2cn(COCC[Si](C)(C)C)nc12. The van der Waals surface area contributed by atoms with Gasteiger partial charge in [-0.3, -0.25) is 0 Å². The molecule has 3 rings (SSSR count). The highest BCUT2D eigenvalue weighted by Gasteiger charge is 2.25. The molecule has 1 unspecified atom stereocenters. The molecule has 0 bridgehead atoms. The Morgan fingerprint density at radius 1 is 1.34 bits per heavy atom. The van der Waals surface area contributed by atoms with E-state index in [2.05, 4.69) is 24.7 Å². The molecule has 2 heterocycles. The Balaban J connectivity index is 1.91. The van der Waals surface area contributed by atoms with Crippen molar-refractivity contribution in [1.82, 2.24) is 9.78 Å². The highest BCUT2D eigenvalue weighted by molar-refractivity contribution is 6.76. The van der Waals surface area contributed by atoms with Crippen LogP contribution in [0.4, 0.5) is 0 Å². The van der Waals surface area contributed by atoms with E-state index in [1.54, 1.807) is 17.9 Å². The average Bonchev–Trinajstić information content (AvgIpc) is 3.33. The number of carbonyl (C=O) groups excluding carboxylic acids is 1. The van der Waals surface area contributed by atoms with Gasteiger partial charge in [-0.05, 0) is 6.04 Å². The first-order chi connectivity index (χ1) is 13.8. The fourth-order valence-corrected chi connectivity index (χ4v) is 3.89. The van der Waals surface area contributed by atoms with E-state index in [0.717, 1.165) is 12.5 Å². The van der Waals surface area contributed by atoms with Crippen LogP contribution in [0.2, 0.25) is 25.7 Å². The highest BCUT2D eigenvalue weighted by atomic mass is 28.3. The predicted octanol–water partition coefficient (Wildman–Crippen LogP) is 3.31. The first-order valence-corrected chi connectivity index (χ1v) is 13.5. The molecule has 0 saturated carbocycles. The molecular formula is C20H30N2O6Si. The van der Waals surface area contributed by atoms with E-state index in [-0.39, 0.29) is 6.10 Å². The first-order valence-electron chi connectivity index (χ1n) is 9.81. The van der Waals surface area contributed by atoms with Gasteiger partial charge in [0.25, 0.3) is 0 Å². The summed E-state index contributed by atoms with van der Waals surface area (Å²) >= 11 is 0. The van der Waals surface area contributed by atoms with E-state index in [1.807, 2.05) is 6.20 Å². The summed E-state index contributed by atoms with van der Waals surface area (Å²) in [6.07, 6.45) is 2.53. The van der Waals surface area contributed by atoms with E-state index in [9.17, 15) is 4.79 Å². The van der Waals surface area contributed by atoms with Gasteiger partial charge in [-0.25, -0.2) is 9.48 Å².